The molecule has 106 valence electrons. The third-order valence-corrected chi connectivity index (χ3v) is 2.78. The molecule has 1 aromatic heterocycles. The van der Waals surface area contributed by atoms with Gasteiger partial charge in [-0.3, -0.25) is 4.68 Å². The molecule has 2 N–H and O–H groups in total. The van der Waals surface area contributed by atoms with Gasteiger partial charge in [-0.25, -0.2) is 9.18 Å². The number of nitrogens with two attached hydrogens (primary N) is 1. The van der Waals surface area contributed by atoms with E-state index in [1.54, 1.807) is 10.7 Å². The van der Waals surface area contributed by atoms with Crippen molar-refractivity contribution in [2.45, 2.75) is 26.5 Å². The molecule has 0 aliphatic carbocycles. The van der Waals surface area contributed by atoms with Crippen molar-refractivity contribution in [3.05, 3.63) is 47.5 Å². The summed E-state index contributed by atoms with van der Waals surface area (Å²) in [6.45, 7) is 4.01. The van der Waals surface area contributed by atoms with Gasteiger partial charge in [0.25, 0.3) is 0 Å². The zero-order chi connectivity index (χ0) is 14.7. The monoisotopic (exact) mass is 277 g/mol. The van der Waals surface area contributed by atoms with Crippen LogP contribution in [0.3, 0.4) is 0 Å². The van der Waals surface area contributed by atoms with Crippen LogP contribution in [0.5, 0.6) is 0 Å². The molecule has 0 bridgehead atoms. The zero-order valence-electron chi connectivity index (χ0n) is 11.3. The van der Waals surface area contributed by atoms with Crippen LogP contribution in [0.2, 0.25) is 0 Å². The Morgan fingerprint density at radius 2 is 2.20 bits per heavy atom. The number of carbonyl (C=O) groups is 1. The van der Waals surface area contributed by atoms with E-state index in [9.17, 15) is 9.18 Å². The van der Waals surface area contributed by atoms with Gasteiger partial charge in [0.1, 0.15) is 12.4 Å². The minimum Gasteiger partial charge on any atom is -0.455 e. The number of esters is 1. The Hall–Kier alpha value is -2.37. The smallest absolute Gasteiger partial charge is 0.340 e. The molecular formula is C14H16FN3O2. The SMILES string of the molecule is CC(C)n1ccc(COC(=O)c2cc(F)ccc2N)n1. The number of benzene rings is 1. The number of halogens is 1. The quantitative estimate of drug-likeness (QED) is 0.688. The van der Waals surface area contributed by atoms with Gasteiger partial charge in [-0.05, 0) is 38.1 Å². The fraction of sp³-hybridized carbons (Fsp3) is 0.286. The number of nitrogens with zero attached hydrogens (tertiary/aromatic N) is 2. The molecule has 2 aromatic rings. The number of rotatable bonds is 4. The van der Waals surface area contributed by atoms with E-state index in [1.807, 2.05) is 20.0 Å². The van der Waals surface area contributed by atoms with Gasteiger partial charge in [0.05, 0.1) is 11.3 Å². The van der Waals surface area contributed by atoms with Gasteiger partial charge in [0.15, 0.2) is 0 Å². The molecule has 6 heteroatoms. The molecule has 0 fully saturated rings. The van der Waals surface area contributed by atoms with Gasteiger partial charge in [-0.2, -0.15) is 5.10 Å². The van der Waals surface area contributed by atoms with E-state index >= 15 is 0 Å². The molecule has 0 atom stereocenters. The summed E-state index contributed by atoms with van der Waals surface area (Å²) in [5.74, 6) is -1.20. The van der Waals surface area contributed by atoms with Crippen LogP contribution < -0.4 is 5.73 Å². The molecule has 0 saturated heterocycles. The fourth-order valence-corrected chi connectivity index (χ4v) is 1.66. The Labute approximate surface area is 116 Å². The number of carbonyl (C=O) groups excluding carboxylic acids is 1. The number of ether oxygens (including phenoxy) is 1. The van der Waals surface area contributed by atoms with Crippen LogP contribution in [0.25, 0.3) is 0 Å². The molecule has 0 spiro atoms. The average Bonchev–Trinajstić information content (AvgIpc) is 2.88. The standard InChI is InChI=1S/C14H16FN3O2/c1-9(2)18-6-5-11(17-18)8-20-14(19)12-7-10(15)3-4-13(12)16/h3-7,9H,8,16H2,1-2H3. The van der Waals surface area contributed by atoms with Crippen molar-refractivity contribution in [2.75, 3.05) is 5.73 Å². The number of hydrogen-bond donors (Lipinski definition) is 1. The summed E-state index contributed by atoms with van der Waals surface area (Å²) in [7, 11) is 0. The highest BCUT2D eigenvalue weighted by Gasteiger charge is 2.13. The number of anilines is 1. The zero-order valence-corrected chi connectivity index (χ0v) is 11.3. The maximum Gasteiger partial charge on any atom is 0.340 e. The van der Waals surface area contributed by atoms with Crippen molar-refractivity contribution in [2.24, 2.45) is 0 Å². The third-order valence-electron chi connectivity index (χ3n) is 2.78. The number of hydrogen-bond acceptors (Lipinski definition) is 4. The molecule has 2 rings (SSSR count). The molecule has 0 amide bonds. The molecular weight excluding hydrogens is 261 g/mol. The number of aromatic nitrogens is 2. The van der Waals surface area contributed by atoms with Gasteiger partial charge in [-0.15, -0.1) is 0 Å². The predicted molar refractivity (Wildman–Crippen MR) is 72.5 cm³/mol. The molecule has 1 aromatic carbocycles. The van der Waals surface area contributed by atoms with Gasteiger partial charge in [0, 0.05) is 17.9 Å². The van der Waals surface area contributed by atoms with E-state index in [1.165, 1.54) is 12.1 Å². The average molecular weight is 277 g/mol. The molecule has 5 nitrogen and oxygen atoms in total. The van der Waals surface area contributed by atoms with Crippen molar-refractivity contribution in [1.29, 1.82) is 0 Å². The third kappa shape index (κ3) is 3.14. The van der Waals surface area contributed by atoms with Crippen molar-refractivity contribution < 1.29 is 13.9 Å². The van der Waals surface area contributed by atoms with Crippen LogP contribution in [0.1, 0.15) is 35.9 Å². The second-order valence-corrected chi connectivity index (χ2v) is 4.69. The Balaban J connectivity index is 2.02. The second-order valence-electron chi connectivity index (χ2n) is 4.69. The van der Waals surface area contributed by atoms with E-state index in [0.29, 0.717) is 5.69 Å². The van der Waals surface area contributed by atoms with Crippen LogP contribution in [0, 0.1) is 5.82 Å². The normalized spacial score (nSPS) is 10.8. The first-order valence-electron chi connectivity index (χ1n) is 6.23. The van der Waals surface area contributed by atoms with E-state index < -0.39 is 11.8 Å². The predicted octanol–water partition coefficient (Wildman–Crippen LogP) is 2.54. The lowest BCUT2D eigenvalue weighted by atomic mass is 10.2. The molecule has 20 heavy (non-hydrogen) atoms. The van der Waals surface area contributed by atoms with Gasteiger partial charge >= 0.3 is 5.97 Å². The molecule has 0 unspecified atom stereocenters. The number of nitrogen functional groups attached to an aromatic ring is 1. The highest BCUT2D eigenvalue weighted by Crippen LogP contribution is 2.15. The van der Waals surface area contributed by atoms with Crippen molar-refractivity contribution in [1.82, 2.24) is 9.78 Å². The Bertz CT molecular complexity index is 623. The summed E-state index contributed by atoms with van der Waals surface area (Å²) in [6, 6.07) is 5.58. The summed E-state index contributed by atoms with van der Waals surface area (Å²) in [5, 5.41) is 4.25. The Morgan fingerprint density at radius 3 is 2.85 bits per heavy atom. The molecule has 1 heterocycles. The lowest BCUT2D eigenvalue weighted by Gasteiger charge is -2.06. The fourth-order valence-electron chi connectivity index (χ4n) is 1.66. The summed E-state index contributed by atoms with van der Waals surface area (Å²) in [6.07, 6.45) is 1.81. The van der Waals surface area contributed by atoms with Gasteiger partial charge < -0.3 is 10.5 Å². The van der Waals surface area contributed by atoms with Crippen molar-refractivity contribution >= 4 is 11.7 Å². The molecule has 0 aliphatic heterocycles. The first kappa shape index (κ1) is 14.0. The van der Waals surface area contributed by atoms with Crippen LogP contribution in [0.15, 0.2) is 30.5 Å². The maximum atomic E-state index is 13.1. The van der Waals surface area contributed by atoms with Crippen molar-refractivity contribution in [3.63, 3.8) is 0 Å². The highest BCUT2D eigenvalue weighted by atomic mass is 19.1. The minimum atomic E-state index is -0.666. The summed E-state index contributed by atoms with van der Waals surface area (Å²) in [5.41, 5.74) is 6.45. The van der Waals surface area contributed by atoms with Crippen LogP contribution >= 0.6 is 0 Å². The largest absolute Gasteiger partial charge is 0.455 e. The Morgan fingerprint density at radius 1 is 1.45 bits per heavy atom. The maximum absolute atomic E-state index is 13.1. The minimum absolute atomic E-state index is 0.0216. The lowest BCUT2D eigenvalue weighted by molar-refractivity contribution is 0.0467. The first-order chi connectivity index (χ1) is 9.47. The molecule has 0 radical (unpaired) electrons. The van der Waals surface area contributed by atoms with Crippen LogP contribution in [-0.2, 0) is 11.3 Å². The summed E-state index contributed by atoms with van der Waals surface area (Å²) in [4.78, 5) is 11.8. The van der Waals surface area contributed by atoms with E-state index in [0.717, 1.165) is 6.07 Å². The van der Waals surface area contributed by atoms with Gasteiger partial charge in [0.2, 0.25) is 0 Å². The van der Waals surface area contributed by atoms with E-state index in [-0.39, 0.29) is 23.9 Å². The first-order valence-corrected chi connectivity index (χ1v) is 6.23. The van der Waals surface area contributed by atoms with E-state index in [4.69, 9.17) is 10.5 Å². The van der Waals surface area contributed by atoms with Crippen LogP contribution in [0.4, 0.5) is 10.1 Å². The summed E-state index contributed by atoms with van der Waals surface area (Å²) >= 11 is 0. The second kappa shape index (κ2) is 5.73. The highest BCUT2D eigenvalue weighted by molar-refractivity contribution is 5.94. The van der Waals surface area contributed by atoms with Crippen LogP contribution in [-0.4, -0.2) is 15.7 Å². The lowest BCUT2D eigenvalue weighted by Crippen LogP contribution is -2.09. The molecule has 0 aliphatic rings. The van der Waals surface area contributed by atoms with E-state index in [2.05, 4.69) is 5.10 Å². The Kier molecular flexibility index (Phi) is 4.02. The summed E-state index contributed by atoms with van der Waals surface area (Å²) < 4.78 is 19.9. The topological polar surface area (TPSA) is 70.1 Å². The molecule has 0 saturated carbocycles. The van der Waals surface area contributed by atoms with Gasteiger partial charge in [-0.1, -0.05) is 0 Å². The van der Waals surface area contributed by atoms with Crippen molar-refractivity contribution in [3.8, 4) is 0 Å².